The second-order valence-corrected chi connectivity index (χ2v) is 4.12. The Bertz CT molecular complexity index is 282. The summed E-state index contributed by atoms with van der Waals surface area (Å²) in [5.74, 6) is -0.212. The SMILES string of the molecule is CON(C)C(=O)C1CCN(C(=O)O)CC1C. The van der Waals surface area contributed by atoms with Crippen LogP contribution >= 0.6 is 0 Å². The topological polar surface area (TPSA) is 70.1 Å². The van der Waals surface area contributed by atoms with Crippen LogP contribution in [0.2, 0.25) is 0 Å². The van der Waals surface area contributed by atoms with Crippen molar-refractivity contribution in [3.05, 3.63) is 0 Å². The molecular formula is C10H18N2O4. The first-order chi connectivity index (χ1) is 7.47. The number of amides is 2. The molecule has 2 atom stereocenters. The lowest BCUT2D eigenvalue weighted by molar-refractivity contribution is -0.176. The highest BCUT2D eigenvalue weighted by atomic mass is 16.7. The van der Waals surface area contributed by atoms with Crippen molar-refractivity contribution in [1.82, 2.24) is 9.96 Å². The van der Waals surface area contributed by atoms with Gasteiger partial charge in [-0.2, -0.15) is 0 Å². The summed E-state index contributed by atoms with van der Waals surface area (Å²) in [6.45, 7) is 2.71. The van der Waals surface area contributed by atoms with Crippen LogP contribution < -0.4 is 0 Å². The summed E-state index contributed by atoms with van der Waals surface area (Å²) >= 11 is 0. The Morgan fingerprint density at radius 1 is 1.50 bits per heavy atom. The Hall–Kier alpha value is -1.30. The average molecular weight is 230 g/mol. The molecule has 0 bridgehead atoms. The summed E-state index contributed by atoms with van der Waals surface area (Å²) in [6, 6.07) is 0. The van der Waals surface area contributed by atoms with Crippen molar-refractivity contribution in [2.24, 2.45) is 11.8 Å². The van der Waals surface area contributed by atoms with Gasteiger partial charge in [0, 0.05) is 26.1 Å². The maximum atomic E-state index is 11.9. The van der Waals surface area contributed by atoms with E-state index in [0.29, 0.717) is 19.5 Å². The number of hydrogen-bond donors (Lipinski definition) is 1. The lowest BCUT2D eigenvalue weighted by atomic mass is 9.86. The minimum absolute atomic E-state index is 0.0231. The first-order valence-corrected chi connectivity index (χ1v) is 5.27. The standard InChI is InChI=1S/C10H18N2O4/c1-7-6-12(10(14)15)5-4-8(7)9(13)11(2)16-3/h7-8H,4-6H2,1-3H3,(H,14,15). The first kappa shape index (κ1) is 12.8. The molecule has 1 saturated heterocycles. The van der Waals surface area contributed by atoms with E-state index in [1.165, 1.54) is 17.1 Å². The van der Waals surface area contributed by atoms with Crippen LogP contribution in [0.15, 0.2) is 0 Å². The van der Waals surface area contributed by atoms with Gasteiger partial charge in [-0.1, -0.05) is 6.92 Å². The van der Waals surface area contributed by atoms with E-state index in [2.05, 4.69) is 0 Å². The molecule has 1 N–H and O–H groups in total. The molecule has 6 heteroatoms. The fraction of sp³-hybridized carbons (Fsp3) is 0.800. The molecular weight excluding hydrogens is 212 g/mol. The van der Waals surface area contributed by atoms with Gasteiger partial charge in [0.1, 0.15) is 0 Å². The van der Waals surface area contributed by atoms with Gasteiger partial charge in [0.25, 0.3) is 0 Å². The number of hydroxylamine groups is 2. The molecule has 0 aromatic heterocycles. The molecule has 2 amide bonds. The van der Waals surface area contributed by atoms with Crippen LogP contribution in [0, 0.1) is 11.8 Å². The normalized spacial score (nSPS) is 25.3. The van der Waals surface area contributed by atoms with E-state index in [1.807, 2.05) is 6.92 Å². The smallest absolute Gasteiger partial charge is 0.407 e. The zero-order valence-corrected chi connectivity index (χ0v) is 9.84. The van der Waals surface area contributed by atoms with Crippen LogP contribution in [0.5, 0.6) is 0 Å². The molecule has 1 aliphatic heterocycles. The van der Waals surface area contributed by atoms with E-state index in [1.54, 1.807) is 7.05 Å². The van der Waals surface area contributed by atoms with E-state index < -0.39 is 6.09 Å². The van der Waals surface area contributed by atoms with Crippen molar-refractivity contribution >= 4 is 12.0 Å². The fourth-order valence-corrected chi connectivity index (χ4v) is 2.01. The lowest BCUT2D eigenvalue weighted by Crippen LogP contribution is -2.47. The molecule has 0 radical (unpaired) electrons. The molecule has 1 rings (SSSR count). The van der Waals surface area contributed by atoms with E-state index in [9.17, 15) is 9.59 Å². The van der Waals surface area contributed by atoms with E-state index >= 15 is 0 Å². The van der Waals surface area contributed by atoms with Crippen molar-refractivity contribution in [2.45, 2.75) is 13.3 Å². The zero-order chi connectivity index (χ0) is 12.3. The summed E-state index contributed by atoms with van der Waals surface area (Å²) in [4.78, 5) is 28.8. The molecule has 1 fully saturated rings. The monoisotopic (exact) mass is 230 g/mol. The van der Waals surface area contributed by atoms with Crippen molar-refractivity contribution in [3.8, 4) is 0 Å². The predicted molar refractivity (Wildman–Crippen MR) is 56.6 cm³/mol. The molecule has 92 valence electrons. The Morgan fingerprint density at radius 2 is 2.12 bits per heavy atom. The summed E-state index contributed by atoms with van der Waals surface area (Å²) in [7, 11) is 3.01. The quantitative estimate of drug-likeness (QED) is 0.707. The lowest BCUT2D eigenvalue weighted by Gasteiger charge is -2.35. The van der Waals surface area contributed by atoms with Crippen molar-refractivity contribution in [1.29, 1.82) is 0 Å². The Morgan fingerprint density at radius 3 is 2.56 bits per heavy atom. The fourth-order valence-electron chi connectivity index (χ4n) is 2.01. The summed E-state index contributed by atoms with van der Waals surface area (Å²) in [5.41, 5.74) is 0. The van der Waals surface area contributed by atoms with Crippen LogP contribution in [0.1, 0.15) is 13.3 Å². The number of rotatable bonds is 2. The van der Waals surface area contributed by atoms with Gasteiger partial charge in [0.2, 0.25) is 5.91 Å². The van der Waals surface area contributed by atoms with Gasteiger partial charge in [-0.3, -0.25) is 9.63 Å². The van der Waals surface area contributed by atoms with Crippen molar-refractivity contribution in [2.75, 3.05) is 27.2 Å². The molecule has 0 aromatic rings. The number of carboxylic acid groups (broad SMARTS) is 1. The number of piperidine rings is 1. The number of hydrogen-bond acceptors (Lipinski definition) is 3. The van der Waals surface area contributed by atoms with Gasteiger partial charge < -0.3 is 10.0 Å². The van der Waals surface area contributed by atoms with Gasteiger partial charge in [0.05, 0.1) is 7.11 Å². The van der Waals surface area contributed by atoms with Crippen LogP contribution in [0.3, 0.4) is 0 Å². The summed E-state index contributed by atoms with van der Waals surface area (Å²) in [5, 5.41) is 10.0. The van der Waals surface area contributed by atoms with Gasteiger partial charge >= 0.3 is 6.09 Å². The van der Waals surface area contributed by atoms with E-state index in [-0.39, 0.29) is 17.7 Å². The molecule has 0 aliphatic carbocycles. The van der Waals surface area contributed by atoms with E-state index in [4.69, 9.17) is 9.94 Å². The first-order valence-electron chi connectivity index (χ1n) is 5.27. The molecule has 0 aromatic carbocycles. The second kappa shape index (κ2) is 5.16. The Labute approximate surface area is 94.7 Å². The molecule has 2 unspecified atom stereocenters. The van der Waals surface area contributed by atoms with Crippen LogP contribution in [0.25, 0.3) is 0 Å². The van der Waals surface area contributed by atoms with Gasteiger partial charge in [-0.15, -0.1) is 0 Å². The highest BCUT2D eigenvalue weighted by Crippen LogP contribution is 2.24. The van der Waals surface area contributed by atoms with Crippen LogP contribution in [-0.4, -0.2) is 54.3 Å². The molecule has 16 heavy (non-hydrogen) atoms. The van der Waals surface area contributed by atoms with Crippen LogP contribution in [0.4, 0.5) is 4.79 Å². The molecule has 1 heterocycles. The minimum Gasteiger partial charge on any atom is -0.465 e. The highest BCUT2D eigenvalue weighted by molar-refractivity contribution is 5.78. The van der Waals surface area contributed by atoms with Crippen molar-refractivity contribution < 1.29 is 19.5 Å². The average Bonchev–Trinajstić information content (AvgIpc) is 2.26. The maximum Gasteiger partial charge on any atom is 0.407 e. The van der Waals surface area contributed by atoms with Crippen molar-refractivity contribution in [3.63, 3.8) is 0 Å². The number of nitrogens with zero attached hydrogens (tertiary/aromatic N) is 2. The van der Waals surface area contributed by atoms with E-state index in [0.717, 1.165) is 0 Å². The van der Waals surface area contributed by atoms with Crippen LogP contribution in [-0.2, 0) is 9.63 Å². The zero-order valence-electron chi connectivity index (χ0n) is 9.84. The number of likely N-dealkylation sites (tertiary alicyclic amines) is 1. The summed E-state index contributed by atoms with van der Waals surface area (Å²) in [6.07, 6.45) is -0.363. The molecule has 6 nitrogen and oxygen atoms in total. The van der Waals surface area contributed by atoms with Gasteiger partial charge in [0.15, 0.2) is 0 Å². The third-order valence-electron chi connectivity index (χ3n) is 3.08. The van der Waals surface area contributed by atoms with Gasteiger partial charge in [-0.25, -0.2) is 9.86 Å². The third-order valence-corrected chi connectivity index (χ3v) is 3.08. The highest BCUT2D eigenvalue weighted by Gasteiger charge is 2.34. The molecule has 0 spiro atoms. The molecule has 1 aliphatic rings. The maximum absolute atomic E-state index is 11.9. The number of carbonyl (C=O) groups is 2. The predicted octanol–water partition coefficient (Wildman–Crippen LogP) is 0.642. The molecule has 0 saturated carbocycles. The third kappa shape index (κ3) is 2.63. The Kier molecular flexibility index (Phi) is 4.12. The van der Waals surface area contributed by atoms with Gasteiger partial charge in [-0.05, 0) is 12.3 Å². The minimum atomic E-state index is -0.919. The number of carbonyl (C=O) groups excluding carboxylic acids is 1. The Balaban J connectivity index is 2.60. The largest absolute Gasteiger partial charge is 0.465 e. The second-order valence-electron chi connectivity index (χ2n) is 4.12. The summed E-state index contributed by atoms with van der Waals surface area (Å²) < 4.78 is 0.